The SMILES string of the molecule is NCCCCCc1ncnc2ccccc12. The third-order valence-corrected chi connectivity index (χ3v) is 2.74. The molecule has 1 heterocycles. The Labute approximate surface area is 95.7 Å². The van der Waals surface area contributed by atoms with Gasteiger partial charge in [-0.3, -0.25) is 0 Å². The first kappa shape index (κ1) is 11.0. The van der Waals surface area contributed by atoms with Crippen LogP contribution >= 0.6 is 0 Å². The normalized spacial score (nSPS) is 10.8. The fourth-order valence-corrected chi connectivity index (χ4v) is 1.87. The van der Waals surface area contributed by atoms with E-state index in [2.05, 4.69) is 16.0 Å². The Kier molecular flexibility index (Phi) is 3.83. The Morgan fingerprint density at radius 2 is 1.88 bits per heavy atom. The van der Waals surface area contributed by atoms with Gasteiger partial charge in [0.2, 0.25) is 0 Å². The van der Waals surface area contributed by atoms with E-state index in [0.29, 0.717) is 0 Å². The molecule has 0 spiro atoms. The smallest absolute Gasteiger partial charge is 0.116 e. The van der Waals surface area contributed by atoms with Crippen LogP contribution in [0.25, 0.3) is 10.9 Å². The molecular formula is C13H17N3. The minimum atomic E-state index is 0.782. The second-order valence-electron chi connectivity index (χ2n) is 3.94. The molecule has 0 aliphatic carbocycles. The fourth-order valence-electron chi connectivity index (χ4n) is 1.87. The molecule has 84 valence electrons. The molecule has 3 heteroatoms. The van der Waals surface area contributed by atoms with Crippen LogP contribution in [0.2, 0.25) is 0 Å². The first-order valence-electron chi connectivity index (χ1n) is 5.80. The number of aromatic nitrogens is 2. The molecule has 1 aromatic carbocycles. The van der Waals surface area contributed by atoms with Crippen LogP contribution in [0.1, 0.15) is 25.0 Å². The maximum atomic E-state index is 5.47. The number of para-hydroxylation sites is 1. The number of rotatable bonds is 5. The minimum absolute atomic E-state index is 0.782. The van der Waals surface area contributed by atoms with Crippen LogP contribution in [0.15, 0.2) is 30.6 Å². The van der Waals surface area contributed by atoms with E-state index >= 15 is 0 Å². The van der Waals surface area contributed by atoms with Crippen molar-refractivity contribution in [2.45, 2.75) is 25.7 Å². The number of benzene rings is 1. The van der Waals surface area contributed by atoms with Crippen molar-refractivity contribution in [1.82, 2.24) is 9.97 Å². The molecular weight excluding hydrogens is 198 g/mol. The van der Waals surface area contributed by atoms with E-state index in [0.717, 1.165) is 37.0 Å². The van der Waals surface area contributed by atoms with E-state index in [-0.39, 0.29) is 0 Å². The van der Waals surface area contributed by atoms with Crippen LogP contribution < -0.4 is 5.73 Å². The van der Waals surface area contributed by atoms with E-state index in [4.69, 9.17) is 5.73 Å². The Balaban J connectivity index is 2.11. The molecule has 0 unspecified atom stereocenters. The quantitative estimate of drug-likeness (QED) is 0.779. The molecule has 16 heavy (non-hydrogen) atoms. The van der Waals surface area contributed by atoms with Gasteiger partial charge in [-0.25, -0.2) is 9.97 Å². The summed E-state index contributed by atoms with van der Waals surface area (Å²) in [5.74, 6) is 0. The molecule has 0 radical (unpaired) electrons. The van der Waals surface area contributed by atoms with Gasteiger partial charge in [-0.1, -0.05) is 24.6 Å². The number of hydrogen-bond acceptors (Lipinski definition) is 3. The lowest BCUT2D eigenvalue weighted by Gasteiger charge is -2.04. The molecule has 2 N–H and O–H groups in total. The maximum Gasteiger partial charge on any atom is 0.116 e. The first-order valence-corrected chi connectivity index (χ1v) is 5.80. The van der Waals surface area contributed by atoms with Gasteiger partial charge in [0.25, 0.3) is 0 Å². The van der Waals surface area contributed by atoms with Gasteiger partial charge in [0.15, 0.2) is 0 Å². The summed E-state index contributed by atoms with van der Waals surface area (Å²) in [5, 5.41) is 1.18. The van der Waals surface area contributed by atoms with Crippen molar-refractivity contribution in [3.63, 3.8) is 0 Å². The zero-order chi connectivity index (χ0) is 11.2. The molecule has 3 nitrogen and oxygen atoms in total. The van der Waals surface area contributed by atoms with Crippen molar-refractivity contribution in [1.29, 1.82) is 0 Å². The lowest BCUT2D eigenvalue weighted by Crippen LogP contribution is -1.99. The highest BCUT2D eigenvalue weighted by Crippen LogP contribution is 2.15. The van der Waals surface area contributed by atoms with Crippen LogP contribution in [0.5, 0.6) is 0 Å². The highest BCUT2D eigenvalue weighted by atomic mass is 14.8. The predicted octanol–water partition coefficient (Wildman–Crippen LogP) is 2.30. The van der Waals surface area contributed by atoms with Gasteiger partial charge in [-0.2, -0.15) is 0 Å². The summed E-state index contributed by atoms with van der Waals surface area (Å²) in [6.45, 7) is 0.782. The molecule has 0 saturated heterocycles. The largest absolute Gasteiger partial charge is 0.330 e. The lowest BCUT2D eigenvalue weighted by molar-refractivity contribution is 0.681. The van der Waals surface area contributed by atoms with Crippen molar-refractivity contribution < 1.29 is 0 Å². The van der Waals surface area contributed by atoms with Gasteiger partial charge >= 0.3 is 0 Å². The highest BCUT2D eigenvalue weighted by molar-refractivity contribution is 5.80. The van der Waals surface area contributed by atoms with Crippen LogP contribution in [0.4, 0.5) is 0 Å². The summed E-state index contributed by atoms with van der Waals surface area (Å²) in [4.78, 5) is 8.62. The Hall–Kier alpha value is -1.48. The lowest BCUT2D eigenvalue weighted by atomic mass is 10.1. The van der Waals surface area contributed by atoms with Gasteiger partial charge in [-0.05, 0) is 31.9 Å². The molecule has 0 saturated carbocycles. The molecule has 0 bridgehead atoms. The van der Waals surface area contributed by atoms with E-state index in [1.165, 1.54) is 11.8 Å². The zero-order valence-electron chi connectivity index (χ0n) is 9.39. The number of fused-ring (bicyclic) bond motifs is 1. The van der Waals surface area contributed by atoms with Gasteiger partial charge in [0.1, 0.15) is 6.33 Å². The number of aryl methyl sites for hydroxylation is 1. The van der Waals surface area contributed by atoms with Gasteiger partial charge in [-0.15, -0.1) is 0 Å². The summed E-state index contributed by atoms with van der Waals surface area (Å²) in [6.07, 6.45) is 6.10. The minimum Gasteiger partial charge on any atom is -0.330 e. The van der Waals surface area contributed by atoms with Gasteiger partial charge in [0, 0.05) is 5.39 Å². The topological polar surface area (TPSA) is 51.8 Å². The molecule has 0 atom stereocenters. The summed E-state index contributed by atoms with van der Waals surface area (Å²) >= 11 is 0. The molecule has 0 amide bonds. The number of nitrogens with two attached hydrogens (primary N) is 1. The molecule has 1 aromatic heterocycles. The van der Waals surface area contributed by atoms with Crippen LogP contribution in [0, 0.1) is 0 Å². The van der Waals surface area contributed by atoms with E-state index in [1.807, 2.05) is 18.2 Å². The standard InChI is InChI=1S/C13H17N3/c14-9-5-1-2-7-12-11-6-3-4-8-13(11)16-10-15-12/h3-4,6,8,10H,1-2,5,7,9,14H2. The van der Waals surface area contributed by atoms with Crippen molar-refractivity contribution in [3.05, 3.63) is 36.3 Å². The number of nitrogens with zero attached hydrogens (tertiary/aromatic N) is 2. The van der Waals surface area contributed by atoms with E-state index in [1.54, 1.807) is 6.33 Å². The average molecular weight is 215 g/mol. The third-order valence-electron chi connectivity index (χ3n) is 2.74. The number of unbranched alkanes of at least 4 members (excludes halogenated alkanes) is 2. The van der Waals surface area contributed by atoms with Crippen molar-refractivity contribution >= 4 is 10.9 Å². The Morgan fingerprint density at radius 3 is 2.75 bits per heavy atom. The summed E-state index contributed by atoms with van der Waals surface area (Å²) in [7, 11) is 0. The second-order valence-corrected chi connectivity index (χ2v) is 3.94. The maximum absolute atomic E-state index is 5.47. The molecule has 2 rings (SSSR count). The summed E-state index contributed by atoms with van der Waals surface area (Å²) < 4.78 is 0. The Morgan fingerprint density at radius 1 is 1.00 bits per heavy atom. The zero-order valence-corrected chi connectivity index (χ0v) is 9.39. The van der Waals surface area contributed by atoms with Crippen molar-refractivity contribution in [2.75, 3.05) is 6.54 Å². The molecule has 0 aliphatic rings. The third kappa shape index (κ3) is 2.55. The van der Waals surface area contributed by atoms with Crippen molar-refractivity contribution in [3.8, 4) is 0 Å². The molecule has 0 fully saturated rings. The van der Waals surface area contributed by atoms with E-state index < -0.39 is 0 Å². The van der Waals surface area contributed by atoms with Crippen LogP contribution in [-0.4, -0.2) is 16.5 Å². The number of hydrogen-bond donors (Lipinski definition) is 1. The molecule has 2 aromatic rings. The monoisotopic (exact) mass is 215 g/mol. The second kappa shape index (κ2) is 5.56. The Bertz CT molecular complexity index is 448. The van der Waals surface area contributed by atoms with Crippen LogP contribution in [0.3, 0.4) is 0 Å². The summed E-state index contributed by atoms with van der Waals surface area (Å²) in [6, 6.07) is 8.16. The van der Waals surface area contributed by atoms with Crippen LogP contribution in [-0.2, 0) is 6.42 Å². The van der Waals surface area contributed by atoms with Gasteiger partial charge in [0.05, 0.1) is 11.2 Å². The summed E-state index contributed by atoms with van der Waals surface area (Å²) in [5.41, 5.74) is 7.66. The first-order chi connectivity index (χ1) is 7.92. The average Bonchev–Trinajstić information content (AvgIpc) is 2.35. The van der Waals surface area contributed by atoms with Gasteiger partial charge < -0.3 is 5.73 Å². The van der Waals surface area contributed by atoms with Crippen molar-refractivity contribution in [2.24, 2.45) is 5.73 Å². The van der Waals surface area contributed by atoms with E-state index in [9.17, 15) is 0 Å². The molecule has 0 aliphatic heterocycles. The fraction of sp³-hybridized carbons (Fsp3) is 0.385. The predicted molar refractivity (Wildman–Crippen MR) is 66.1 cm³/mol. The highest BCUT2D eigenvalue weighted by Gasteiger charge is 2.01.